The SMILES string of the molecule is CC(=O)CCC1CCCCC1C. The second-order valence-corrected chi connectivity index (χ2v) is 4.26. The molecular weight excluding hydrogens is 148 g/mol. The van der Waals surface area contributed by atoms with E-state index in [0.717, 1.165) is 24.7 Å². The van der Waals surface area contributed by atoms with Gasteiger partial charge in [-0.1, -0.05) is 32.6 Å². The van der Waals surface area contributed by atoms with Gasteiger partial charge in [0.25, 0.3) is 0 Å². The Labute approximate surface area is 75.5 Å². The van der Waals surface area contributed by atoms with Crippen LogP contribution >= 0.6 is 0 Å². The molecule has 0 aliphatic heterocycles. The van der Waals surface area contributed by atoms with Crippen molar-refractivity contribution in [2.75, 3.05) is 0 Å². The summed E-state index contributed by atoms with van der Waals surface area (Å²) in [5, 5.41) is 0. The van der Waals surface area contributed by atoms with Crippen LogP contribution in [-0.4, -0.2) is 5.78 Å². The fraction of sp³-hybridized carbons (Fsp3) is 0.909. The van der Waals surface area contributed by atoms with Crippen molar-refractivity contribution in [2.45, 2.75) is 52.4 Å². The molecule has 70 valence electrons. The van der Waals surface area contributed by atoms with Crippen molar-refractivity contribution in [3.05, 3.63) is 0 Å². The third-order valence-electron chi connectivity index (χ3n) is 3.16. The smallest absolute Gasteiger partial charge is 0.129 e. The van der Waals surface area contributed by atoms with E-state index in [0.29, 0.717) is 5.78 Å². The Morgan fingerprint density at radius 2 is 2.00 bits per heavy atom. The molecule has 0 heterocycles. The Kier molecular flexibility index (Phi) is 3.77. The minimum atomic E-state index is 0.354. The van der Waals surface area contributed by atoms with Gasteiger partial charge in [0.1, 0.15) is 5.78 Å². The van der Waals surface area contributed by atoms with Crippen molar-refractivity contribution in [2.24, 2.45) is 11.8 Å². The summed E-state index contributed by atoms with van der Waals surface area (Å²) in [6.45, 7) is 4.04. The predicted octanol–water partition coefficient (Wildman–Crippen LogP) is 3.18. The molecule has 0 radical (unpaired) electrons. The first-order valence-electron chi connectivity index (χ1n) is 5.19. The van der Waals surface area contributed by atoms with Crippen molar-refractivity contribution < 1.29 is 4.79 Å². The van der Waals surface area contributed by atoms with Gasteiger partial charge in [0.15, 0.2) is 0 Å². The maximum absolute atomic E-state index is 10.8. The number of carbonyl (C=O) groups excluding carboxylic acids is 1. The van der Waals surface area contributed by atoms with Gasteiger partial charge in [-0.2, -0.15) is 0 Å². The Bertz CT molecular complexity index is 151. The highest BCUT2D eigenvalue weighted by Gasteiger charge is 2.20. The normalized spacial score (nSPS) is 30.2. The number of hydrogen-bond donors (Lipinski definition) is 0. The molecule has 1 nitrogen and oxygen atoms in total. The standard InChI is InChI=1S/C11H20O/c1-9-5-3-4-6-11(9)8-7-10(2)12/h9,11H,3-8H2,1-2H3. The van der Waals surface area contributed by atoms with Crippen LogP contribution in [0, 0.1) is 11.8 Å². The van der Waals surface area contributed by atoms with Crippen LogP contribution in [0.2, 0.25) is 0 Å². The summed E-state index contributed by atoms with van der Waals surface area (Å²) in [5.74, 6) is 2.05. The van der Waals surface area contributed by atoms with Gasteiger partial charge in [0, 0.05) is 6.42 Å². The zero-order valence-electron chi connectivity index (χ0n) is 8.31. The zero-order chi connectivity index (χ0) is 8.97. The van der Waals surface area contributed by atoms with Gasteiger partial charge < -0.3 is 4.79 Å². The second-order valence-electron chi connectivity index (χ2n) is 4.26. The highest BCUT2D eigenvalue weighted by atomic mass is 16.1. The van der Waals surface area contributed by atoms with Crippen molar-refractivity contribution in [3.8, 4) is 0 Å². The molecule has 2 unspecified atom stereocenters. The summed E-state index contributed by atoms with van der Waals surface area (Å²) < 4.78 is 0. The molecule has 1 rings (SSSR count). The second kappa shape index (κ2) is 4.64. The number of rotatable bonds is 3. The van der Waals surface area contributed by atoms with Crippen LogP contribution in [0.25, 0.3) is 0 Å². The van der Waals surface area contributed by atoms with E-state index in [-0.39, 0.29) is 0 Å². The summed E-state index contributed by atoms with van der Waals surface area (Å²) in [5.41, 5.74) is 0. The summed E-state index contributed by atoms with van der Waals surface area (Å²) in [4.78, 5) is 10.8. The molecule has 0 spiro atoms. The molecule has 1 fully saturated rings. The highest BCUT2D eigenvalue weighted by Crippen LogP contribution is 2.32. The monoisotopic (exact) mass is 168 g/mol. The quantitative estimate of drug-likeness (QED) is 0.632. The average molecular weight is 168 g/mol. The van der Waals surface area contributed by atoms with Crippen molar-refractivity contribution in [1.29, 1.82) is 0 Å². The molecule has 0 aromatic heterocycles. The Hall–Kier alpha value is -0.330. The van der Waals surface area contributed by atoms with E-state index in [1.54, 1.807) is 6.92 Å². The minimum absolute atomic E-state index is 0.354. The van der Waals surface area contributed by atoms with Crippen LogP contribution in [0.5, 0.6) is 0 Å². The highest BCUT2D eigenvalue weighted by molar-refractivity contribution is 5.75. The lowest BCUT2D eigenvalue weighted by Gasteiger charge is -2.28. The lowest BCUT2D eigenvalue weighted by molar-refractivity contribution is -0.117. The van der Waals surface area contributed by atoms with Crippen LogP contribution in [0.15, 0.2) is 0 Å². The van der Waals surface area contributed by atoms with Crippen LogP contribution in [0.3, 0.4) is 0 Å². The molecule has 2 atom stereocenters. The van der Waals surface area contributed by atoms with Crippen molar-refractivity contribution >= 4 is 5.78 Å². The molecule has 0 aromatic rings. The Morgan fingerprint density at radius 1 is 1.33 bits per heavy atom. The summed E-state index contributed by atoms with van der Waals surface area (Å²) in [6, 6.07) is 0. The van der Waals surface area contributed by atoms with E-state index in [2.05, 4.69) is 6.92 Å². The first-order chi connectivity index (χ1) is 5.70. The van der Waals surface area contributed by atoms with Gasteiger partial charge >= 0.3 is 0 Å². The zero-order valence-corrected chi connectivity index (χ0v) is 8.31. The van der Waals surface area contributed by atoms with Gasteiger partial charge in [-0.25, -0.2) is 0 Å². The third kappa shape index (κ3) is 2.96. The van der Waals surface area contributed by atoms with E-state index in [9.17, 15) is 4.79 Å². The van der Waals surface area contributed by atoms with E-state index in [4.69, 9.17) is 0 Å². The van der Waals surface area contributed by atoms with Crippen LogP contribution in [-0.2, 0) is 4.79 Å². The van der Waals surface area contributed by atoms with Gasteiger partial charge in [-0.15, -0.1) is 0 Å². The molecule has 1 heteroatoms. The molecule has 0 N–H and O–H groups in total. The Balaban J connectivity index is 2.24. The molecule has 12 heavy (non-hydrogen) atoms. The average Bonchev–Trinajstić information content (AvgIpc) is 2.03. The van der Waals surface area contributed by atoms with Crippen molar-refractivity contribution in [1.82, 2.24) is 0 Å². The summed E-state index contributed by atoms with van der Waals surface area (Å²) >= 11 is 0. The van der Waals surface area contributed by atoms with Crippen molar-refractivity contribution in [3.63, 3.8) is 0 Å². The van der Waals surface area contributed by atoms with Crippen LogP contribution in [0.1, 0.15) is 52.4 Å². The first kappa shape index (κ1) is 9.76. The molecule has 0 saturated heterocycles. The number of carbonyl (C=O) groups is 1. The topological polar surface area (TPSA) is 17.1 Å². The van der Waals surface area contributed by atoms with Gasteiger partial charge in [0.2, 0.25) is 0 Å². The molecule has 0 aromatic carbocycles. The lowest BCUT2D eigenvalue weighted by atomic mass is 9.78. The molecule has 1 aliphatic carbocycles. The minimum Gasteiger partial charge on any atom is -0.300 e. The number of Topliss-reactive ketones (excluding diaryl/α,β-unsaturated/α-hetero) is 1. The third-order valence-corrected chi connectivity index (χ3v) is 3.16. The fourth-order valence-electron chi connectivity index (χ4n) is 2.21. The van der Waals surface area contributed by atoms with Gasteiger partial charge in [-0.3, -0.25) is 0 Å². The Morgan fingerprint density at radius 3 is 2.58 bits per heavy atom. The molecular formula is C11H20O. The number of ketones is 1. The predicted molar refractivity (Wildman–Crippen MR) is 51.0 cm³/mol. The fourth-order valence-corrected chi connectivity index (χ4v) is 2.21. The van der Waals surface area contributed by atoms with Crippen LogP contribution in [0.4, 0.5) is 0 Å². The summed E-state index contributed by atoms with van der Waals surface area (Å²) in [6.07, 6.45) is 7.45. The summed E-state index contributed by atoms with van der Waals surface area (Å²) in [7, 11) is 0. The maximum Gasteiger partial charge on any atom is 0.129 e. The van der Waals surface area contributed by atoms with Crippen LogP contribution < -0.4 is 0 Å². The molecule has 0 bridgehead atoms. The van der Waals surface area contributed by atoms with E-state index >= 15 is 0 Å². The largest absolute Gasteiger partial charge is 0.300 e. The van der Waals surface area contributed by atoms with E-state index in [1.165, 1.54) is 25.7 Å². The van der Waals surface area contributed by atoms with Gasteiger partial charge in [-0.05, 0) is 25.2 Å². The number of hydrogen-bond acceptors (Lipinski definition) is 1. The van der Waals surface area contributed by atoms with Gasteiger partial charge in [0.05, 0.1) is 0 Å². The van der Waals surface area contributed by atoms with E-state index in [1.807, 2.05) is 0 Å². The molecule has 0 amide bonds. The first-order valence-corrected chi connectivity index (χ1v) is 5.19. The molecule has 1 aliphatic rings. The van der Waals surface area contributed by atoms with E-state index < -0.39 is 0 Å². The molecule has 1 saturated carbocycles. The maximum atomic E-state index is 10.8. The lowest BCUT2D eigenvalue weighted by Crippen LogP contribution is -2.17.